The maximum atomic E-state index is 11.3. The van der Waals surface area contributed by atoms with Gasteiger partial charge in [-0.15, -0.1) is 0 Å². The molecule has 2 nitrogen and oxygen atoms in total. The molecule has 0 rings (SSSR count). The van der Waals surface area contributed by atoms with E-state index in [0.29, 0.717) is 0 Å². The first kappa shape index (κ1) is 6.85. The molecule has 3 heteroatoms. The molecule has 0 spiro atoms. The highest BCUT2D eigenvalue weighted by molar-refractivity contribution is 4.52. The molecule has 1 atom stereocenters. The van der Waals surface area contributed by atoms with Gasteiger partial charge in [-0.05, 0) is 6.92 Å². The third-order valence-corrected chi connectivity index (χ3v) is 0.675. The summed E-state index contributed by atoms with van der Waals surface area (Å²) in [4.78, 5) is 0. The van der Waals surface area contributed by atoms with Gasteiger partial charge in [0.15, 0.2) is 0 Å². The molecule has 0 N–H and O–H groups in total. The van der Waals surface area contributed by atoms with Crippen LogP contribution in [0.15, 0.2) is 0 Å². The summed E-state index contributed by atoms with van der Waals surface area (Å²) in [6.07, 6.45) is 0. The molecule has 1 radical (unpaired) electrons. The number of methoxy groups -OCH3 is 1. The Morgan fingerprint density at radius 1 is 1.86 bits per heavy atom. The SMILES string of the molecule is COC(C)([O])CF. The standard InChI is InChI=1S/C4H8FO2/c1-4(6,3-5)7-2/h3H2,1-2H3. The number of alkyl halides is 1. The average Bonchev–Trinajstić information content (AvgIpc) is 1.68. The van der Waals surface area contributed by atoms with Gasteiger partial charge < -0.3 is 4.74 Å². The van der Waals surface area contributed by atoms with E-state index in [9.17, 15) is 9.50 Å². The van der Waals surface area contributed by atoms with Gasteiger partial charge in [0.1, 0.15) is 6.67 Å². The van der Waals surface area contributed by atoms with E-state index in [0.717, 1.165) is 6.92 Å². The van der Waals surface area contributed by atoms with E-state index < -0.39 is 12.5 Å². The van der Waals surface area contributed by atoms with Crippen molar-refractivity contribution in [2.45, 2.75) is 12.7 Å². The minimum Gasteiger partial charge on any atom is -0.349 e. The van der Waals surface area contributed by atoms with Gasteiger partial charge in [0.2, 0.25) is 5.79 Å². The summed E-state index contributed by atoms with van der Waals surface area (Å²) in [6, 6.07) is 0. The van der Waals surface area contributed by atoms with Crippen LogP contribution in [-0.2, 0) is 9.84 Å². The van der Waals surface area contributed by atoms with Crippen LogP contribution in [0.2, 0.25) is 0 Å². The molecule has 0 amide bonds. The predicted molar refractivity (Wildman–Crippen MR) is 22.1 cm³/mol. The van der Waals surface area contributed by atoms with Gasteiger partial charge in [-0.3, -0.25) is 0 Å². The van der Waals surface area contributed by atoms with Gasteiger partial charge in [0.05, 0.1) is 0 Å². The van der Waals surface area contributed by atoms with E-state index in [-0.39, 0.29) is 0 Å². The van der Waals surface area contributed by atoms with Crippen LogP contribution < -0.4 is 0 Å². The largest absolute Gasteiger partial charge is 0.349 e. The zero-order valence-corrected chi connectivity index (χ0v) is 4.40. The summed E-state index contributed by atoms with van der Waals surface area (Å²) in [5, 5.41) is 10.2. The zero-order chi connectivity index (χ0) is 5.91. The van der Waals surface area contributed by atoms with Crippen molar-refractivity contribution in [3.63, 3.8) is 0 Å². The second-order valence-corrected chi connectivity index (χ2v) is 1.47. The molecule has 0 saturated carbocycles. The van der Waals surface area contributed by atoms with Gasteiger partial charge in [-0.1, -0.05) is 0 Å². The Hall–Kier alpha value is -0.150. The van der Waals surface area contributed by atoms with Gasteiger partial charge in [-0.2, -0.15) is 5.11 Å². The van der Waals surface area contributed by atoms with E-state index in [1.807, 2.05) is 0 Å². The maximum absolute atomic E-state index is 11.3. The first-order valence-corrected chi connectivity index (χ1v) is 1.94. The minimum absolute atomic E-state index is 0.983. The van der Waals surface area contributed by atoms with Gasteiger partial charge in [0.25, 0.3) is 0 Å². The normalized spacial score (nSPS) is 18.9. The smallest absolute Gasteiger partial charge is 0.227 e. The van der Waals surface area contributed by atoms with Crippen LogP contribution >= 0.6 is 0 Å². The van der Waals surface area contributed by atoms with Crippen molar-refractivity contribution in [1.29, 1.82) is 0 Å². The van der Waals surface area contributed by atoms with Crippen LogP contribution in [0, 0.1) is 0 Å². The van der Waals surface area contributed by atoms with Crippen LogP contribution in [0.4, 0.5) is 4.39 Å². The third-order valence-electron chi connectivity index (χ3n) is 0.675. The Morgan fingerprint density at radius 2 is 2.29 bits per heavy atom. The Bertz CT molecular complexity index is 47.7. The van der Waals surface area contributed by atoms with E-state index in [1.54, 1.807) is 0 Å². The molecule has 0 bridgehead atoms. The minimum atomic E-state index is -1.83. The number of hydrogen-bond donors (Lipinski definition) is 0. The van der Waals surface area contributed by atoms with E-state index >= 15 is 0 Å². The Balaban J connectivity index is 3.36. The van der Waals surface area contributed by atoms with Gasteiger partial charge in [-0.25, -0.2) is 4.39 Å². The molecule has 7 heavy (non-hydrogen) atoms. The van der Waals surface area contributed by atoms with Crippen LogP contribution in [0.3, 0.4) is 0 Å². The summed E-state index contributed by atoms with van der Waals surface area (Å²) < 4.78 is 15.5. The summed E-state index contributed by atoms with van der Waals surface area (Å²) in [7, 11) is 1.19. The second kappa shape index (κ2) is 2.23. The van der Waals surface area contributed by atoms with Gasteiger partial charge >= 0.3 is 0 Å². The quantitative estimate of drug-likeness (QED) is 0.479. The molecular weight excluding hydrogens is 99.0 g/mol. The molecular formula is C4H8FO2. The van der Waals surface area contributed by atoms with Crippen LogP contribution in [-0.4, -0.2) is 19.6 Å². The van der Waals surface area contributed by atoms with Crippen molar-refractivity contribution >= 4 is 0 Å². The highest BCUT2D eigenvalue weighted by Gasteiger charge is 2.20. The number of rotatable bonds is 2. The van der Waals surface area contributed by atoms with Crippen molar-refractivity contribution < 1.29 is 14.2 Å². The van der Waals surface area contributed by atoms with Crippen molar-refractivity contribution in [3.8, 4) is 0 Å². The first-order chi connectivity index (χ1) is 3.12. The topological polar surface area (TPSA) is 29.1 Å². The molecule has 0 heterocycles. The number of ether oxygens (including phenoxy) is 1. The van der Waals surface area contributed by atoms with Crippen LogP contribution in [0.25, 0.3) is 0 Å². The lowest BCUT2D eigenvalue weighted by atomic mass is 10.4. The molecule has 1 unspecified atom stereocenters. The molecule has 43 valence electrons. The lowest BCUT2D eigenvalue weighted by molar-refractivity contribution is -0.219. The van der Waals surface area contributed by atoms with E-state index in [4.69, 9.17) is 0 Å². The second-order valence-electron chi connectivity index (χ2n) is 1.47. The summed E-state index contributed by atoms with van der Waals surface area (Å²) in [5.41, 5.74) is 0. The van der Waals surface area contributed by atoms with Crippen molar-refractivity contribution in [2.75, 3.05) is 13.8 Å². The van der Waals surface area contributed by atoms with Crippen molar-refractivity contribution in [1.82, 2.24) is 0 Å². The Kier molecular flexibility index (Phi) is 2.19. The molecule has 0 aromatic rings. The molecule has 0 aliphatic rings. The van der Waals surface area contributed by atoms with Gasteiger partial charge in [0, 0.05) is 7.11 Å². The summed E-state index contributed by atoms with van der Waals surface area (Å²) in [6.45, 7) is 0.163. The lowest BCUT2D eigenvalue weighted by Gasteiger charge is -2.11. The predicted octanol–water partition coefficient (Wildman–Crippen LogP) is 0.749. The molecule has 0 saturated heterocycles. The van der Waals surface area contributed by atoms with E-state index in [1.165, 1.54) is 7.11 Å². The van der Waals surface area contributed by atoms with Crippen molar-refractivity contribution in [2.24, 2.45) is 0 Å². The zero-order valence-electron chi connectivity index (χ0n) is 4.40. The molecule has 0 fully saturated rings. The fourth-order valence-corrected chi connectivity index (χ4v) is 0.0546. The molecule has 0 aromatic carbocycles. The molecule has 0 aliphatic carbocycles. The number of hydrogen-bond acceptors (Lipinski definition) is 1. The Morgan fingerprint density at radius 3 is 2.29 bits per heavy atom. The highest BCUT2D eigenvalue weighted by Crippen LogP contribution is 2.03. The molecule has 0 aromatic heterocycles. The fourth-order valence-electron chi connectivity index (χ4n) is 0.0546. The van der Waals surface area contributed by atoms with E-state index in [2.05, 4.69) is 4.74 Å². The maximum Gasteiger partial charge on any atom is 0.227 e. The first-order valence-electron chi connectivity index (χ1n) is 1.94. The monoisotopic (exact) mass is 107 g/mol. The molecule has 0 aliphatic heterocycles. The summed E-state index contributed by atoms with van der Waals surface area (Å²) in [5.74, 6) is -1.83. The summed E-state index contributed by atoms with van der Waals surface area (Å²) >= 11 is 0. The van der Waals surface area contributed by atoms with Crippen LogP contribution in [0.1, 0.15) is 6.92 Å². The lowest BCUT2D eigenvalue weighted by Crippen LogP contribution is -2.26. The van der Waals surface area contributed by atoms with Crippen molar-refractivity contribution in [3.05, 3.63) is 0 Å². The third kappa shape index (κ3) is 2.53. The number of halogens is 1. The average molecular weight is 107 g/mol. The van der Waals surface area contributed by atoms with Crippen LogP contribution in [0.5, 0.6) is 0 Å². The Labute approximate surface area is 41.9 Å². The highest BCUT2D eigenvalue weighted by atomic mass is 19.1. The fraction of sp³-hybridized carbons (Fsp3) is 1.00.